The standard InChI is InChI=1S/C31H31N5O5S/c1-20-4-6-22(7-5-20)29-32-33-31(36(29)24-9-11-25(39-3)12-10-24)42-18-28(37)34-14-15-35(21(2)17-34)30(38)23-8-13-26-27(16-23)41-19-40-26/h4-13,16,21H,14-15,17-19H2,1-3H3. The van der Waals surface area contributed by atoms with Crippen molar-refractivity contribution in [1.29, 1.82) is 0 Å². The predicted molar refractivity (Wildman–Crippen MR) is 158 cm³/mol. The number of rotatable bonds is 7. The quantitative estimate of drug-likeness (QED) is 0.294. The van der Waals surface area contributed by atoms with Crippen molar-refractivity contribution in [2.24, 2.45) is 0 Å². The van der Waals surface area contributed by atoms with Crippen LogP contribution in [0.5, 0.6) is 17.2 Å². The van der Waals surface area contributed by atoms with Crippen LogP contribution in [0.25, 0.3) is 17.1 Å². The molecule has 0 bridgehead atoms. The predicted octanol–water partition coefficient (Wildman–Crippen LogP) is 4.45. The maximum absolute atomic E-state index is 13.3. The summed E-state index contributed by atoms with van der Waals surface area (Å²) in [6.45, 7) is 5.52. The Labute approximate surface area is 248 Å². The van der Waals surface area contributed by atoms with Crippen molar-refractivity contribution >= 4 is 23.6 Å². The third-order valence-corrected chi connectivity index (χ3v) is 8.37. The normalized spacial score (nSPS) is 16.0. The van der Waals surface area contributed by atoms with E-state index in [2.05, 4.69) is 10.2 Å². The second-order valence-electron chi connectivity index (χ2n) is 10.2. The number of hydrogen-bond donors (Lipinski definition) is 0. The zero-order valence-electron chi connectivity index (χ0n) is 23.6. The van der Waals surface area contributed by atoms with E-state index in [0.29, 0.717) is 47.7 Å². The first kappa shape index (κ1) is 27.6. The minimum atomic E-state index is -0.137. The first-order valence-corrected chi connectivity index (χ1v) is 14.7. The fourth-order valence-electron chi connectivity index (χ4n) is 5.12. The molecule has 11 heteroatoms. The van der Waals surface area contributed by atoms with E-state index in [9.17, 15) is 9.59 Å². The highest BCUT2D eigenvalue weighted by atomic mass is 32.2. The molecule has 1 saturated heterocycles. The van der Waals surface area contributed by atoms with Gasteiger partial charge in [0.2, 0.25) is 12.7 Å². The van der Waals surface area contributed by atoms with Gasteiger partial charge in [0, 0.05) is 42.5 Å². The molecule has 10 nitrogen and oxygen atoms in total. The smallest absolute Gasteiger partial charge is 0.254 e. The molecule has 4 aromatic rings. The van der Waals surface area contributed by atoms with Crippen molar-refractivity contribution < 1.29 is 23.8 Å². The zero-order chi connectivity index (χ0) is 29.2. The number of benzene rings is 3. The van der Waals surface area contributed by atoms with E-state index in [1.54, 1.807) is 25.3 Å². The molecule has 0 spiro atoms. The molecule has 3 aromatic carbocycles. The van der Waals surface area contributed by atoms with Crippen molar-refractivity contribution in [3.63, 3.8) is 0 Å². The summed E-state index contributed by atoms with van der Waals surface area (Å²) in [6.07, 6.45) is 0. The average molecular weight is 586 g/mol. The maximum Gasteiger partial charge on any atom is 0.254 e. The van der Waals surface area contributed by atoms with Gasteiger partial charge in [-0.05, 0) is 56.3 Å². The van der Waals surface area contributed by atoms with E-state index in [1.165, 1.54) is 11.8 Å². The number of thioether (sulfide) groups is 1. The molecular formula is C31H31N5O5S. The number of carbonyl (C=O) groups is 2. The van der Waals surface area contributed by atoms with Gasteiger partial charge in [0.05, 0.1) is 12.9 Å². The Hall–Kier alpha value is -4.51. The first-order valence-electron chi connectivity index (χ1n) is 13.7. The largest absolute Gasteiger partial charge is 0.497 e. The lowest BCUT2D eigenvalue weighted by atomic mass is 10.1. The summed E-state index contributed by atoms with van der Waals surface area (Å²) >= 11 is 1.35. The first-order chi connectivity index (χ1) is 20.4. The van der Waals surface area contributed by atoms with Gasteiger partial charge in [0.15, 0.2) is 22.5 Å². The lowest BCUT2D eigenvalue weighted by Crippen LogP contribution is -2.55. The SMILES string of the molecule is COc1ccc(-n2c(SCC(=O)N3CCN(C(=O)c4ccc5c(c4)OCO5)C(C)C3)nnc2-c2ccc(C)cc2)cc1. The molecule has 42 heavy (non-hydrogen) atoms. The molecule has 2 amide bonds. The average Bonchev–Trinajstić information content (AvgIpc) is 3.67. The molecule has 3 heterocycles. The number of nitrogens with zero attached hydrogens (tertiary/aromatic N) is 5. The van der Waals surface area contributed by atoms with Gasteiger partial charge in [-0.2, -0.15) is 0 Å². The number of hydrogen-bond acceptors (Lipinski definition) is 8. The van der Waals surface area contributed by atoms with Crippen LogP contribution in [0, 0.1) is 6.92 Å². The number of amides is 2. The molecule has 0 N–H and O–H groups in total. The summed E-state index contributed by atoms with van der Waals surface area (Å²) in [7, 11) is 1.63. The number of carbonyl (C=O) groups excluding carboxylic acids is 2. The number of piperazine rings is 1. The Bertz CT molecular complexity index is 1610. The summed E-state index contributed by atoms with van der Waals surface area (Å²) in [5, 5.41) is 9.57. The Kier molecular flexibility index (Phi) is 7.75. The lowest BCUT2D eigenvalue weighted by Gasteiger charge is -2.40. The summed E-state index contributed by atoms with van der Waals surface area (Å²) in [6, 6.07) is 20.9. The van der Waals surface area contributed by atoms with Gasteiger partial charge in [-0.1, -0.05) is 41.6 Å². The molecule has 1 atom stereocenters. The van der Waals surface area contributed by atoms with Crippen LogP contribution in [-0.4, -0.2) is 81.7 Å². The van der Waals surface area contributed by atoms with Gasteiger partial charge in [-0.25, -0.2) is 0 Å². The number of aryl methyl sites for hydroxylation is 1. The topological polar surface area (TPSA) is 99.0 Å². The summed E-state index contributed by atoms with van der Waals surface area (Å²) in [4.78, 5) is 30.2. The minimum Gasteiger partial charge on any atom is -0.497 e. The molecule has 0 aliphatic carbocycles. The third-order valence-electron chi connectivity index (χ3n) is 7.46. The van der Waals surface area contributed by atoms with Crippen LogP contribution < -0.4 is 14.2 Å². The number of aromatic nitrogens is 3. The molecule has 216 valence electrons. The second-order valence-corrected chi connectivity index (χ2v) is 11.2. The fraction of sp³-hybridized carbons (Fsp3) is 0.290. The van der Waals surface area contributed by atoms with Gasteiger partial charge >= 0.3 is 0 Å². The van der Waals surface area contributed by atoms with Crippen LogP contribution in [-0.2, 0) is 4.79 Å². The third kappa shape index (κ3) is 5.52. The van der Waals surface area contributed by atoms with Gasteiger partial charge in [-0.15, -0.1) is 10.2 Å². The van der Waals surface area contributed by atoms with Crippen molar-refractivity contribution in [2.45, 2.75) is 25.0 Å². The molecule has 0 saturated carbocycles. The van der Waals surface area contributed by atoms with Gasteiger partial charge in [0.1, 0.15) is 5.75 Å². The van der Waals surface area contributed by atoms with Crippen molar-refractivity contribution in [3.8, 4) is 34.3 Å². The highest BCUT2D eigenvalue weighted by Crippen LogP contribution is 2.33. The van der Waals surface area contributed by atoms with Crippen LogP contribution in [0.1, 0.15) is 22.8 Å². The molecule has 1 unspecified atom stereocenters. The Morgan fingerprint density at radius 1 is 0.976 bits per heavy atom. The highest BCUT2D eigenvalue weighted by Gasteiger charge is 2.31. The van der Waals surface area contributed by atoms with E-state index in [4.69, 9.17) is 14.2 Å². The number of methoxy groups -OCH3 is 1. The highest BCUT2D eigenvalue weighted by molar-refractivity contribution is 7.99. The Balaban J connectivity index is 1.14. The molecule has 6 rings (SSSR count). The Morgan fingerprint density at radius 3 is 2.48 bits per heavy atom. The van der Waals surface area contributed by atoms with Crippen molar-refractivity contribution in [3.05, 3.63) is 77.9 Å². The summed E-state index contributed by atoms with van der Waals surface area (Å²) < 4.78 is 18.1. The van der Waals surface area contributed by atoms with E-state index < -0.39 is 0 Å². The monoisotopic (exact) mass is 585 g/mol. The zero-order valence-corrected chi connectivity index (χ0v) is 24.5. The van der Waals surface area contributed by atoms with E-state index in [-0.39, 0.29) is 30.4 Å². The van der Waals surface area contributed by atoms with Crippen LogP contribution >= 0.6 is 11.8 Å². The minimum absolute atomic E-state index is 0.0109. The summed E-state index contributed by atoms with van der Waals surface area (Å²) in [5.74, 6) is 2.76. The molecule has 0 radical (unpaired) electrons. The molecule has 2 aliphatic rings. The van der Waals surface area contributed by atoms with Gasteiger partial charge in [-0.3, -0.25) is 14.2 Å². The van der Waals surface area contributed by atoms with Crippen LogP contribution in [0.4, 0.5) is 0 Å². The van der Waals surface area contributed by atoms with Gasteiger partial charge < -0.3 is 24.0 Å². The maximum atomic E-state index is 13.3. The molecule has 1 fully saturated rings. The number of fused-ring (bicyclic) bond motifs is 1. The van der Waals surface area contributed by atoms with E-state index >= 15 is 0 Å². The van der Waals surface area contributed by atoms with Crippen LogP contribution in [0.3, 0.4) is 0 Å². The molecule has 2 aliphatic heterocycles. The lowest BCUT2D eigenvalue weighted by molar-refractivity contribution is -0.130. The van der Waals surface area contributed by atoms with E-state index in [0.717, 1.165) is 22.6 Å². The fourth-order valence-corrected chi connectivity index (χ4v) is 5.97. The van der Waals surface area contributed by atoms with Crippen molar-refractivity contribution in [1.82, 2.24) is 24.6 Å². The molecule has 1 aromatic heterocycles. The molecular weight excluding hydrogens is 554 g/mol. The number of ether oxygens (including phenoxy) is 3. The second kappa shape index (κ2) is 11.8. The van der Waals surface area contributed by atoms with Gasteiger partial charge in [0.25, 0.3) is 5.91 Å². The van der Waals surface area contributed by atoms with Crippen LogP contribution in [0.2, 0.25) is 0 Å². The summed E-state index contributed by atoms with van der Waals surface area (Å²) in [5.41, 5.74) is 3.50. The van der Waals surface area contributed by atoms with Crippen LogP contribution in [0.15, 0.2) is 71.9 Å². The van der Waals surface area contributed by atoms with E-state index in [1.807, 2.05) is 76.7 Å². The Morgan fingerprint density at radius 2 is 1.74 bits per heavy atom. The van der Waals surface area contributed by atoms with Crippen molar-refractivity contribution in [2.75, 3.05) is 39.3 Å².